The fourth-order valence-corrected chi connectivity index (χ4v) is 3.32. The van der Waals surface area contributed by atoms with E-state index >= 15 is 0 Å². The molecule has 0 spiro atoms. The van der Waals surface area contributed by atoms with Gasteiger partial charge in [-0.15, -0.1) is 0 Å². The molecule has 1 saturated heterocycles. The van der Waals surface area contributed by atoms with Gasteiger partial charge in [0, 0.05) is 16.4 Å². The molecule has 0 bridgehead atoms. The van der Waals surface area contributed by atoms with Crippen LogP contribution in [0.3, 0.4) is 0 Å². The minimum atomic E-state index is -0.371. The van der Waals surface area contributed by atoms with Crippen molar-refractivity contribution in [2.45, 2.75) is 0 Å². The van der Waals surface area contributed by atoms with Crippen molar-refractivity contribution < 1.29 is 18.9 Å². The fourth-order valence-electron chi connectivity index (χ4n) is 3.14. The summed E-state index contributed by atoms with van der Waals surface area (Å²) < 4.78 is 12.9. The van der Waals surface area contributed by atoms with Crippen molar-refractivity contribution in [3.63, 3.8) is 0 Å². The van der Waals surface area contributed by atoms with E-state index in [0.29, 0.717) is 17.3 Å². The summed E-state index contributed by atoms with van der Waals surface area (Å²) >= 11 is 6.05. The Balaban J connectivity index is 1.37. The summed E-state index contributed by atoms with van der Waals surface area (Å²) in [5, 5.41) is 5.96. The topological polar surface area (TPSA) is 65.9 Å². The van der Waals surface area contributed by atoms with Gasteiger partial charge in [-0.05, 0) is 42.5 Å². The molecular weight excluding hydrogens is 383 g/mol. The first-order valence-electron chi connectivity index (χ1n) is 9.16. The molecule has 148 valence electrons. The van der Waals surface area contributed by atoms with Gasteiger partial charge in [-0.25, -0.2) is 4.39 Å². The molecule has 28 heavy (non-hydrogen) atoms. The summed E-state index contributed by atoms with van der Waals surface area (Å²) in [6, 6.07) is 13.2. The van der Waals surface area contributed by atoms with E-state index in [-0.39, 0.29) is 24.2 Å². The van der Waals surface area contributed by atoms with E-state index in [1.165, 1.54) is 29.2 Å². The molecule has 0 radical (unpaired) electrons. The summed E-state index contributed by atoms with van der Waals surface area (Å²) in [4.78, 5) is 27.4. The average Bonchev–Trinajstić information content (AvgIpc) is 2.69. The molecule has 2 amide bonds. The van der Waals surface area contributed by atoms with E-state index < -0.39 is 0 Å². The highest BCUT2D eigenvalue weighted by Gasteiger charge is 2.22. The molecule has 1 heterocycles. The highest BCUT2D eigenvalue weighted by atomic mass is 35.5. The summed E-state index contributed by atoms with van der Waals surface area (Å²) in [5.74, 6) is -0.883. The standard InChI is InChI=1S/C20H22ClFN4O2/c21-15-2-1-3-18(12-15)26-10-8-25(9-11-26)14-20(28)23-13-19(27)24-17-6-4-16(22)5-7-17/h1-7,12H,8-11,13-14H2,(H,23,28)(H,24,27)/p+1. The number of hydrogen-bond acceptors (Lipinski definition) is 3. The minimum absolute atomic E-state index is 0.113. The van der Waals surface area contributed by atoms with Gasteiger partial charge in [0.05, 0.1) is 32.7 Å². The number of benzene rings is 2. The Morgan fingerprint density at radius 1 is 1.07 bits per heavy atom. The van der Waals surface area contributed by atoms with Gasteiger partial charge in [0.15, 0.2) is 6.54 Å². The van der Waals surface area contributed by atoms with Crippen LogP contribution >= 0.6 is 11.6 Å². The average molecular weight is 406 g/mol. The van der Waals surface area contributed by atoms with Crippen molar-refractivity contribution in [2.24, 2.45) is 0 Å². The monoisotopic (exact) mass is 405 g/mol. The van der Waals surface area contributed by atoms with Crippen LogP contribution < -0.4 is 20.4 Å². The van der Waals surface area contributed by atoms with Crippen LogP contribution in [0.15, 0.2) is 48.5 Å². The summed E-state index contributed by atoms with van der Waals surface area (Å²) in [6.07, 6.45) is 0. The first-order chi connectivity index (χ1) is 13.5. The van der Waals surface area contributed by atoms with Gasteiger partial charge < -0.3 is 20.4 Å². The number of anilines is 2. The van der Waals surface area contributed by atoms with Crippen molar-refractivity contribution >= 4 is 34.8 Å². The molecule has 3 rings (SSSR count). The molecule has 1 aliphatic heterocycles. The number of quaternary nitrogens is 1. The number of halogens is 2. The number of nitrogens with zero attached hydrogens (tertiary/aromatic N) is 1. The first-order valence-corrected chi connectivity index (χ1v) is 9.53. The third kappa shape index (κ3) is 5.94. The smallest absolute Gasteiger partial charge is 0.275 e. The van der Waals surface area contributed by atoms with Crippen molar-refractivity contribution in [1.82, 2.24) is 5.32 Å². The number of carbonyl (C=O) groups is 2. The zero-order valence-electron chi connectivity index (χ0n) is 15.4. The van der Waals surface area contributed by atoms with Gasteiger partial charge in [-0.1, -0.05) is 17.7 Å². The van der Waals surface area contributed by atoms with Crippen LogP contribution in [0.1, 0.15) is 0 Å². The number of nitrogens with one attached hydrogen (secondary N) is 3. The van der Waals surface area contributed by atoms with Crippen LogP contribution in [0, 0.1) is 5.82 Å². The fraction of sp³-hybridized carbons (Fsp3) is 0.300. The lowest BCUT2D eigenvalue weighted by Gasteiger charge is -2.33. The number of rotatable bonds is 6. The quantitative estimate of drug-likeness (QED) is 0.670. The molecule has 6 nitrogen and oxygen atoms in total. The Kier molecular flexibility index (Phi) is 6.84. The van der Waals surface area contributed by atoms with Gasteiger partial charge in [-0.2, -0.15) is 0 Å². The summed E-state index contributed by atoms with van der Waals surface area (Å²) in [7, 11) is 0. The summed E-state index contributed by atoms with van der Waals surface area (Å²) in [6.45, 7) is 3.57. The molecule has 0 unspecified atom stereocenters. The molecule has 2 aromatic rings. The van der Waals surface area contributed by atoms with Crippen molar-refractivity contribution in [3.8, 4) is 0 Å². The molecule has 0 saturated carbocycles. The number of piperazine rings is 1. The van der Waals surface area contributed by atoms with Gasteiger partial charge in [-0.3, -0.25) is 9.59 Å². The zero-order chi connectivity index (χ0) is 19.9. The van der Waals surface area contributed by atoms with Crippen molar-refractivity contribution in [3.05, 3.63) is 59.4 Å². The van der Waals surface area contributed by atoms with Gasteiger partial charge in [0.1, 0.15) is 5.82 Å². The predicted octanol–water partition coefficient (Wildman–Crippen LogP) is 0.939. The van der Waals surface area contributed by atoms with Crippen LogP contribution in [0.5, 0.6) is 0 Å². The molecule has 3 N–H and O–H groups in total. The lowest BCUT2D eigenvalue weighted by atomic mass is 10.2. The van der Waals surface area contributed by atoms with Gasteiger partial charge in [0.2, 0.25) is 5.91 Å². The van der Waals surface area contributed by atoms with Crippen LogP contribution in [0.2, 0.25) is 5.02 Å². The summed E-state index contributed by atoms with van der Waals surface area (Å²) in [5.41, 5.74) is 1.58. The Morgan fingerprint density at radius 2 is 1.79 bits per heavy atom. The van der Waals surface area contributed by atoms with Crippen LogP contribution in [-0.2, 0) is 9.59 Å². The van der Waals surface area contributed by atoms with Gasteiger partial charge >= 0.3 is 0 Å². The minimum Gasteiger partial charge on any atom is -0.360 e. The number of carbonyl (C=O) groups excluding carboxylic acids is 2. The largest absolute Gasteiger partial charge is 0.360 e. The second-order valence-electron chi connectivity index (χ2n) is 6.73. The van der Waals surface area contributed by atoms with Crippen molar-refractivity contribution in [1.29, 1.82) is 0 Å². The molecule has 2 aromatic carbocycles. The second kappa shape index (κ2) is 9.52. The van der Waals surface area contributed by atoms with E-state index in [0.717, 1.165) is 31.9 Å². The van der Waals surface area contributed by atoms with E-state index in [1.807, 2.05) is 24.3 Å². The molecule has 0 atom stereocenters. The SMILES string of the molecule is O=C(C[NH+]1CCN(c2cccc(Cl)c2)CC1)NCC(=O)Nc1ccc(F)cc1. The van der Waals surface area contributed by atoms with Crippen molar-refractivity contribution in [2.75, 3.05) is 49.5 Å². The van der Waals surface area contributed by atoms with E-state index in [2.05, 4.69) is 15.5 Å². The van der Waals surface area contributed by atoms with Crippen LogP contribution in [0.4, 0.5) is 15.8 Å². The highest BCUT2D eigenvalue weighted by Crippen LogP contribution is 2.19. The second-order valence-corrected chi connectivity index (χ2v) is 7.16. The zero-order valence-corrected chi connectivity index (χ0v) is 16.1. The van der Waals surface area contributed by atoms with Gasteiger partial charge in [0.25, 0.3) is 5.91 Å². The third-order valence-electron chi connectivity index (χ3n) is 4.63. The van der Waals surface area contributed by atoms with E-state index in [9.17, 15) is 14.0 Å². The lowest BCUT2D eigenvalue weighted by molar-refractivity contribution is -0.892. The number of amides is 2. The maximum atomic E-state index is 12.9. The van der Waals surface area contributed by atoms with E-state index in [1.54, 1.807) is 0 Å². The van der Waals surface area contributed by atoms with Crippen LogP contribution in [-0.4, -0.2) is 51.1 Å². The molecule has 0 aliphatic carbocycles. The molecule has 0 aromatic heterocycles. The normalized spacial score (nSPS) is 14.6. The number of hydrogen-bond donors (Lipinski definition) is 3. The Bertz CT molecular complexity index is 823. The predicted molar refractivity (Wildman–Crippen MR) is 107 cm³/mol. The Labute approximate surface area is 168 Å². The molecular formula is C20H23ClFN4O2+. The Hall–Kier alpha value is -2.64. The lowest BCUT2D eigenvalue weighted by Crippen LogP contribution is -3.16. The highest BCUT2D eigenvalue weighted by molar-refractivity contribution is 6.30. The maximum Gasteiger partial charge on any atom is 0.275 e. The third-order valence-corrected chi connectivity index (χ3v) is 4.86. The maximum absolute atomic E-state index is 12.9. The molecule has 1 aliphatic rings. The van der Waals surface area contributed by atoms with E-state index in [4.69, 9.17) is 11.6 Å². The van der Waals surface area contributed by atoms with Crippen LogP contribution in [0.25, 0.3) is 0 Å². The molecule has 8 heteroatoms. The molecule has 1 fully saturated rings. The first kappa shape index (κ1) is 20.1. The Morgan fingerprint density at radius 3 is 2.46 bits per heavy atom.